The molecule has 2 amide bonds. The number of hydrogen-bond acceptors (Lipinski definition) is 6. The molecule has 8 heteroatoms. The first-order valence-electron chi connectivity index (χ1n) is 8.29. The van der Waals surface area contributed by atoms with Crippen molar-refractivity contribution in [3.05, 3.63) is 65.0 Å². The lowest BCUT2D eigenvalue weighted by Gasteiger charge is -2.06. The molecule has 2 aromatic heterocycles. The molecule has 2 heterocycles. The number of carbonyl (C=O) groups is 3. The van der Waals surface area contributed by atoms with Crippen molar-refractivity contribution < 1.29 is 19.1 Å². The number of hydrogen-bond donors (Lipinski definition) is 2. The van der Waals surface area contributed by atoms with Crippen LogP contribution in [0, 0.1) is 0 Å². The molecule has 4 rings (SSSR count). The van der Waals surface area contributed by atoms with Crippen molar-refractivity contribution in [2.24, 2.45) is 5.73 Å². The summed E-state index contributed by atoms with van der Waals surface area (Å²) < 4.78 is 8.37. The quantitative estimate of drug-likeness (QED) is 0.486. The monoisotopic (exact) mass is 410 g/mol. The number of anilines is 1. The Morgan fingerprint density at radius 1 is 0.964 bits per heavy atom. The number of nitrogens with one attached hydrogen (secondary N) is 1. The minimum atomic E-state index is -0.546. The van der Waals surface area contributed by atoms with Gasteiger partial charge in [0, 0.05) is 26.0 Å². The fraction of sp³-hybridized carbons (Fsp3) is 0.0500. The van der Waals surface area contributed by atoms with E-state index in [0.29, 0.717) is 16.1 Å². The Kier molecular flexibility index (Phi) is 4.81. The molecular weight excluding hydrogens is 396 g/mol. The summed E-state index contributed by atoms with van der Waals surface area (Å²) in [6.07, 6.45) is 0. The van der Waals surface area contributed by atoms with Crippen molar-refractivity contribution >= 4 is 65.6 Å². The standard InChI is InChI=1S/C20H14N2O4S2/c21-19(24)11-5-7-12(8-6-11)22-17(23)10-26-20(25)16-9-15-18(28-16)13-3-1-2-4-14(13)27-15/h1-9H,10H2,(H2,21,24)(H,22,23). The number of thiophene rings is 2. The van der Waals surface area contributed by atoms with Crippen LogP contribution in [0.3, 0.4) is 0 Å². The van der Waals surface area contributed by atoms with Crippen LogP contribution in [-0.2, 0) is 9.53 Å². The van der Waals surface area contributed by atoms with Gasteiger partial charge in [-0.3, -0.25) is 9.59 Å². The summed E-state index contributed by atoms with van der Waals surface area (Å²) in [6, 6.07) is 15.9. The number of carbonyl (C=O) groups excluding carboxylic acids is 3. The van der Waals surface area contributed by atoms with E-state index in [1.165, 1.54) is 28.2 Å². The van der Waals surface area contributed by atoms with Crippen LogP contribution in [0.5, 0.6) is 0 Å². The Balaban J connectivity index is 1.39. The molecule has 0 saturated heterocycles. The Hall–Kier alpha value is -3.23. The highest BCUT2D eigenvalue weighted by molar-refractivity contribution is 7.33. The van der Waals surface area contributed by atoms with Crippen molar-refractivity contribution in [3.8, 4) is 0 Å². The predicted molar refractivity (Wildman–Crippen MR) is 111 cm³/mol. The van der Waals surface area contributed by atoms with E-state index in [-0.39, 0.29) is 0 Å². The van der Waals surface area contributed by atoms with E-state index in [0.717, 1.165) is 14.8 Å². The number of primary amides is 1. The highest BCUT2D eigenvalue weighted by Gasteiger charge is 2.16. The summed E-state index contributed by atoms with van der Waals surface area (Å²) >= 11 is 2.98. The zero-order valence-electron chi connectivity index (χ0n) is 14.4. The Morgan fingerprint density at radius 2 is 1.71 bits per heavy atom. The highest BCUT2D eigenvalue weighted by atomic mass is 32.1. The smallest absolute Gasteiger partial charge is 0.348 e. The lowest BCUT2D eigenvalue weighted by Crippen LogP contribution is -2.20. The van der Waals surface area contributed by atoms with Crippen LogP contribution in [0.25, 0.3) is 19.5 Å². The number of rotatable bonds is 5. The summed E-state index contributed by atoms with van der Waals surface area (Å²) in [5.41, 5.74) is 5.99. The van der Waals surface area contributed by atoms with Gasteiger partial charge in [-0.15, -0.1) is 22.7 Å². The number of esters is 1. The van der Waals surface area contributed by atoms with Gasteiger partial charge in [0.25, 0.3) is 5.91 Å². The van der Waals surface area contributed by atoms with Gasteiger partial charge in [-0.1, -0.05) is 18.2 Å². The number of fused-ring (bicyclic) bond motifs is 3. The van der Waals surface area contributed by atoms with E-state index in [9.17, 15) is 14.4 Å². The van der Waals surface area contributed by atoms with Crippen molar-refractivity contribution in [3.63, 3.8) is 0 Å². The summed E-state index contributed by atoms with van der Waals surface area (Å²) in [5, 5.41) is 3.71. The lowest BCUT2D eigenvalue weighted by atomic mass is 10.2. The van der Waals surface area contributed by atoms with Crippen LogP contribution in [0.4, 0.5) is 5.69 Å². The average molecular weight is 410 g/mol. The second-order valence-corrected chi connectivity index (χ2v) is 8.10. The first-order chi connectivity index (χ1) is 13.5. The van der Waals surface area contributed by atoms with Crippen molar-refractivity contribution in [2.75, 3.05) is 11.9 Å². The van der Waals surface area contributed by atoms with Gasteiger partial charge < -0.3 is 15.8 Å². The van der Waals surface area contributed by atoms with Gasteiger partial charge in [0.1, 0.15) is 4.88 Å². The van der Waals surface area contributed by atoms with E-state index in [1.54, 1.807) is 29.5 Å². The third-order valence-electron chi connectivity index (χ3n) is 4.04. The van der Waals surface area contributed by atoms with Crippen LogP contribution in [0.15, 0.2) is 54.6 Å². The Labute approximate surface area is 167 Å². The molecule has 0 atom stereocenters. The van der Waals surface area contributed by atoms with Gasteiger partial charge >= 0.3 is 5.97 Å². The maximum absolute atomic E-state index is 12.3. The molecule has 28 heavy (non-hydrogen) atoms. The van der Waals surface area contributed by atoms with Gasteiger partial charge in [-0.05, 0) is 36.4 Å². The molecule has 0 aliphatic carbocycles. The molecule has 0 aliphatic rings. The largest absolute Gasteiger partial charge is 0.451 e. The summed E-state index contributed by atoms with van der Waals surface area (Å²) in [6.45, 7) is -0.400. The molecule has 0 fully saturated rings. The molecule has 140 valence electrons. The fourth-order valence-electron chi connectivity index (χ4n) is 2.72. The number of ether oxygens (including phenoxy) is 1. The molecule has 0 aliphatic heterocycles. The number of nitrogens with two attached hydrogens (primary N) is 1. The minimum absolute atomic E-state index is 0.342. The van der Waals surface area contributed by atoms with Crippen LogP contribution in [0.1, 0.15) is 20.0 Å². The first-order valence-corrected chi connectivity index (χ1v) is 9.92. The molecule has 2 aromatic carbocycles. The second-order valence-electron chi connectivity index (χ2n) is 5.97. The van der Waals surface area contributed by atoms with E-state index >= 15 is 0 Å². The maximum atomic E-state index is 12.3. The zero-order valence-corrected chi connectivity index (χ0v) is 16.1. The summed E-state index contributed by atoms with van der Waals surface area (Å²) in [7, 11) is 0. The highest BCUT2D eigenvalue weighted by Crippen LogP contribution is 2.39. The fourth-order valence-corrected chi connectivity index (χ4v) is 5.14. The van der Waals surface area contributed by atoms with Crippen LogP contribution >= 0.6 is 22.7 Å². The van der Waals surface area contributed by atoms with Crippen LogP contribution < -0.4 is 11.1 Å². The molecule has 3 N–H and O–H groups in total. The topological polar surface area (TPSA) is 98.5 Å². The average Bonchev–Trinajstić information content (AvgIpc) is 3.24. The lowest BCUT2D eigenvalue weighted by molar-refractivity contribution is -0.119. The van der Waals surface area contributed by atoms with Crippen LogP contribution in [0.2, 0.25) is 0 Å². The molecule has 0 radical (unpaired) electrons. The third-order valence-corrected chi connectivity index (χ3v) is 6.43. The normalized spacial score (nSPS) is 10.9. The third kappa shape index (κ3) is 3.60. The van der Waals surface area contributed by atoms with Crippen molar-refractivity contribution in [2.45, 2.75) is 0 Å². The Morgan fingerprint density at radius 3 is 2.46 bits per heavy atom. The molecule has 6 nitrogen and oxygen atoms in total. The summed E-state index contributed by atoms with van der Waals surface area (Å²) in [5.74, 6) is -1.55. The van der Waals surface area contributed by atoms with Crippen LogP contribution in [-0.4, -0.2) is 24.4 Å². The molecule has 0 bridgehead atoms. The van der Waals surface area contributed by atoms with Gasteiger partial charge in [0.05, 0.1) is 4.70 Å². The minimum Gasteiger partial charge on any atom is -0.451 e. The molecule has 0 spiro atoms. The molecular formula is C20H14N2O4S2. The maximum Gasteiger partial charge on any atom is 0.348 e. The van der Waals surface area contributed by atoms with Crippen molar-refractivity contribution in [1.29, 1.82) is 0 Å². The van der Waals surface area contributed by atoms with E-state index in [1.807, 2.05) is 24.3 Å². The first kappa shape index (κ1) is 18.1. The SMILES string of the molecule is NC(=O)c1ccc(NC(=O)COC(=O)c2cc3sc4ccccc4c3s2)cc1. The predicted octanol–water partition coefficient (Wildman–Crippen LogP) is 4.01. The summed E-state index contributed by atoms with van der Waals surface area (Å²) in [4.78, 5) is 35.8. The molecule has 0 saturated carbocycles. The Bertz CT molecular complexity index is 1210. The van der Waals surface area contributed by atoms with Gasteiger partial charge in [-0.25, -0.2) is 4.79 Å². The van der Waals surface area contributed by atoms with Crippen molar-refractivity contribution in [1.82, 2.24) is 0 Å². The zero-order chi connectivity index (χ0) is 19.7. The molecule has 0 unspecified atom stereocenters. The van der Waals surface area contributed by atoms with Gasteiger partial charge in [-0.2, -0.15) is 0 Å². The van der Waals surface area contributed by atoms with E-state index in [2.05, 4.69) is 5.32 Å². The van der Waals surface area contributed by atoms with E-state index in [4.69, 9.17) is 10.5 Å². The van der Waals surface area contributed by atoms with E-state index < -0.39 is 24.4 Å². The number of amides is 2. The van der Waals surface area contributed by atoms with Gasteiger partial charge in [0.15, 0.2) is 6.61 Å². The van der Waals surface area contributed by atoms with Gasteiger partial charge in [0.2, 0.25) is 5.91 Å². The molecule has 4 aromatic rings. The second kappa shape index (κ2) is 7.41. The number of benzene rings is 2.